The molecule has 2 aromatic carbocycles. The summed E-state index contributed by atoms with van der Waals surface area (Å²) in [5.74, 6) is 0. The first-order valence-corrected chi connectivity index (χ1v) is 9.76. The zero-order valence-corrected chi connectivity index (χ0v) is 14.1. The van der Waals surface area contributed by atoms with E-state index in [9.17, 15) is 8.42 Å². The lowest BCUT2D eigenvalue weighted by atomic mass is 10.2. The molecule has 21 heavy (non-hydrogen) atoms. The molecule has 0 spiro atoms. The molecule has 0 aliphatic heterocycles. The predicted octanol–water partition coefficient (Wildman–Crippen LogP) is 4.08. The Morgan fingerprint density at radius 2 is 1.81 bits per heavy atom. The third-order valence-corrected chi connectivity index (χ3v) is 5.31. The van der Waals surface area contributed by atoms with Crippen molar-refractivity contribution in [2.75, 3.05) is 17.8 Å². The molecule has 0 radical (unpaired) electrons. The standard InChI is InChI=1S/C15H16ClNO2S2/c1-20-12-8-6-11(7-9-12)17-10-13-14(16)4-3-5-15(13)21(2,18)19/h3-9,17H,10H2,1-2H3. The van der Waals surface area contributed by atoms with Gasteiger partial charge in [-0.2, -0.15) is 0 Å². The molecule has 0 saturated heterocycles. The van der Waals surface area contributed by atoms with E-state index < -0.39 is 9.84 Å². The van der Waals surface area contributed by atoms with Crippen LogP contribution in [0, 0.1) is 0 Å². The van der Waals surface area contributed by atoms with Gasteiger partial charge in [-0.05, 0) is 42.7 Å². The van der Waals surface area contributed by atoms with Crippen molar-refractivity contribution in [3.8, 4) is 0 Å². The van der Waals surface area contributed by atoms with Crippen LogP contribution in [0.2, 0.25) is 5.02 Å². The number of hydrogen-bond donors (Lipinski definition) is 1. The first kappa shape index (κ1) is 16.2. The lowest BCUT2D eigenvalue weighted by Gasteiger charge is -2.12. The van der Waals surface area contributed by atoms with Crippen molar-refractivity contribution in [2.45, 2.75) is 16.3 Å². The summed E-state index contributed by atoms with van der Waals surface area (Å²) in [6.07, 6.45) is 3.21. The Labute approximate surface area is 134 Å². The summed E-state index contributed by atoms with van der Waals surface area (Å²) in [4.78, 5) is 1.44. The van der Waals surface area contributed by atoms with Crippen LogP contribution >= 0.6 is 23.4 Å². The average Bonchev–Trinajstić information content (AvgIpc) is 2.45. The molecule has 2 aromatic rings. The normalized spacial score (nSPS) is 11.4. The third kappa shape index (κ3) is 4.15. The van der Waals surface area contributed by atoms with Crippen molar-refractivity contribution < 1.29 is 8.42 Å². The van der Waals surface area contributed by atoms with E-state index in [1.807, 2.05) is 30.5 Å². The lowest BCUT2D eigenvalue weighted by molar-refractivity contribution is 0.601. The minimum atomic E-state index is -3.30. The van der Waals surface area contributed by atoms with Crippen LogP contribution in [0.4, 0.5) is 5.69 Å². The molecule has 6 heteroatoms. The average molecular weight is 342 g/mol. The number of halogens is 1. The van der Waals surface area contributed by atoms with Crippen molar-refractivity contribution in [3.63, 3.8) is 0 Å². The fourth-order valence-corrected chi connectivity index (χ4v) is 3.62. The molecule has 112 valence electrons. The number of rotatable bonds is 5. The van der Waals surface area contributed by atoms with Gasteiger partial charge in [-0.15, -0.1) is 11.8 Å². The molecular formula is C15H16ClNO2S2. The molecular weight excluding hydrogens is 326 g/mol. The van der Waals surface area contributed by atoms with E-state index in [0.717, 1.165) is 5.69 Å². The van der Waals surface area contributed by atoms with Gasteiger partial charge in [0.25, 0.3) is 0 Å². The number of benzene rings is 2. The maximum atomic E-state index is 11.8. The van der Waals surface area contributed by atoms with E-state index in [1.54, 1.807) is 30.0 Å². The van der Waals surface area contributed by atoms with Crippen molar-refractivity contribution in [3.05, 3.63) is 53.1 Å². The van der Waals surface area contributed by atoms with E-state index in [-0.39, 0.29) is 4.90 Å². The highest BCUT2D eigenvalue weighted by molar-refractivity contribution is 7.98. The molecule has 0 fully saturated rings. The monoisotopic (exact) mass is 341 g/mol. The van der Waals surface area contributed by atoms with Crippen LogP contribution in [0.5, 0.6) is 0 Å². The minimum absolute atomic E-state index is 0.267. The molecule has 0 heterocycles. The fraction of sp³-hybridized carbons (Fsp3) is 0.200. The summed E-state index contributed by atoms with van der Waals surface area (Å²) in [5, 5.41) is 3.66. The zero-order chi connectivity index (χ0) is 15.5. The van der Waals surface area contributed by atoms with Gasteiger partial charge in [-0.25, -0.2) is 8.42 Å². The molecule has 0 atom stereocenters. The summed E-state index contributed by atoms with van der Waals surface area (Å²) in [6.45, 7) is 0.362. The number of thioether (sulfide) groups is 1. The van der Waals surface area contributed by atoms with Crippen LogP contribution < -0.4 is 5.32 Å². The Hall–Kier alpha value is -1.17. The fourth-order valence-electron chi connectivity index (χ4n) is 1.96. The highest BCUT2D eigenvalue weighted by Crippen LogP contribution is 2.25. The maximum Gasteiger partial charge on any atom is 0.175 e. The summed E-state index contributed by atoms with van der Waals surface area (Å²) >= 11 is 7.81. The summed E-state index contributed by atoms with van der Waals surface area (Å²) in [6, 6.07) is 12.9. The van der Waals surface area contributed by atoms with E-state index in [1.165, 1.54) is 11.2 Å². The summed E-state index contributed by atoms with van der Waals surface area (Å²) < 4.78 is 23.6. The SMILES string of the molecule is CSc1ccc(NCc2c(Cl)cccc2S(C)(=O)=O)cc1. The molecule has 0 aliphatic rings. The van der Waals surface area contributed by atoms with Gasteiger partial charge in [0.2, 0.25) is 0 Å². The minimum Gasteiger partial charge on any atom is -0.381 e. The van der Waals surface area contributed by atoms with Crippen LogP contribution in [-0.4, -0.2) is 20.9 Å². The molecule has 2 rings (SSSR count). The highest BCUT2D eigenvalue weighted by atomic mass is 35.5. The molecule has 0 bridgehead atoms. The smallest absolute Gasteiger partial charge is 0.175 e. The van der Waals surface area contributed by atoms with Gasteiger partial charge >= 0.3 is 0 Å². The van der Waals surface area contributed by atoms with Crippen molar-refractivity contribution in [1.82, 2.24) is 0 Å². The largest absolute Gasteiger partial charge is 0.381 e. The van der Waals surface area contributed by atoms with Gasteiger partial charge in [-0.3, -0.25) is 0 Å². The second kappa shape index (κ2) is 6.73. The summed E-state index contributed by atoms with van der Waals surface area (Å²) in [7, 11) is -3.30. The topological polar surface area (TPSA) is 46.2 Å². The first-order valence-electron chi connectivity index (χ1n) is 6.27. The van der Waals surface area contributed by atoms with Crippen LogP contribution in [-0.2, 0) is 16.4 Å². The van der Waals surface area contributed by atoms with Gasteiger partial charge in [0.1, 0.15) is 0 Å². The van der Waals surface area contributed by atoms with Crippen LogP contribution in [0.1, 0.15) is 5.56 Å². The molecule has 0 unspecified atom stereocenters. The first-order chi connectivity index (χ1) is 9.91. The van der Waals surface area contributed by atoms with Gasteiger partial charge in [0, 0.05) is 34.0 Å². The Morgan fingerprint density at radius 1 is 1.14 bits per heavy atom. The van der Waals surface area contributed by atoms with E-state index >= 15 is 0 Å². The zero-order valence-electron chi connectivity index (χ0n) is 11.8. The third-order valence-electron chi connectivity index (χ3n) is 3.03. The Bertz CT molecular complexity index is 728. The number of hydrogen-bond acceptors (Lipinski definition) is 4. The number of anilines is 1. The molecule has 1 N–H and O–H groups in total. The molecule has 0 saturated carbocycles. The van der Waals surface area contributed by atoms with Gasteiger partial charge in [0.15, 0.2) is 9.84 Å². The molecule has 0 amide bonds. The highest BCUT2D eigenvalue weighted by Gasteiger charge is 2.15. The van der Waals surface area contributed by atoms with Crippen molar-refractivity contribution in [2.24, 2.45) is 0 Å². The van der Waals surface area contributed by atoms with Crippen LogP contribution in [0.25, 0.3) is 0 Å². The predicted molar refractivity (Wildman–Crippen MR) is 90.1 cm³/mol. The second-order valence-corrected chi connectivity index (χ2v) is 7.84. The molecule has 3 nitrogen and oxygen atoms in total. The molecule has 0 aromatic heterocycles. The van der Waals surface area contributed by atoms with Gasteiger partial charge < -0.3 is 5.32 Å². The van der Waals surface area contributed by atoms with E-state index in [4.69, 9.17) is 11.6 Å². The number of sulfone groups is 1. The van der Waals surface area contributed by atoms with Crippen molar-refractivity contribution >= 4 is 38.9 Å². The van der Waals surface area contributed by atoms with Gasteiger partial charge in [-0.1, -0.05) is 17.7 Å². The van der Waals surface area contributed by atoms with E-state index in [0.29, 0.717) is 17.1 Å². The van der Waals surface area contributed by atoms with E-state index in [2.05, 4.69) is 5.32 Å². The Kier molecular flexibility index (Phi) is 5.19. The Morgan fingerprint density at radius 3 is 2.38 bits per heavy atom. The summed E-state index contributed by atoms with van der Waals surface area (Å²) in [5.41, 5.74) is 1.52. The lowest BCUT2D eigenvalue weighted by Crippen LogP contribution is -2.07. The van der Waals surface area contributed by atoms with Crippen LogP contribution in [0.3, 0.4) is 0 Å². The maximum absolute atomic E-state index is 11.8. The van der Waals surface area contributed by atoms with Crippen molar-refractivity contribution in [1.29, 1.82) is 0 Å². The second-order valence-electron chi connectivity index (χ2n) is 4.57. The molecule has 0 aliphatic carbocycles. The van der Waals surface area contributed by atoms with Gasteiger partial charge in [0.05, 0.1) is 4.90 Å². The number of nitrogens with one attached hydrogen (secondary N) is 1. The Balaban J connectivity index is 2.23. The van der Waals surface area contributed by atoms with Crippen LogP contribution in [0.15, 0.2) is 52.3 Å². The quantitative estimate of drug-likeness (QED) is 0.832.